The van der Waals surface area contributed by atoms with Gasteiger partial charge in [0, 0.05) is 12.8 Å². The second-order valence-corrected chi connectivity index (χ2v) is 17.8. The lowest BCUT2D eigenvalue weighted by Crippen LogP contribution is -2.37. The van der Waals surface area contributed by atoms with E-state index in [1.165, 1.54) is 103 Å². The van der Waals surface area contributed by atoms with Crippen LogP contribution < -0.4 is 4.89 Å². The van der Waals surface area contributed by atoms with Crippen molar-refractivity contribution in [2.75, 3.05) is 47.5 Å². The zero-order valence-corrected chi connectivity index (χ0v) is 37.7. The summed E-state index contributed by atoms with van der Waals surface area (Å²) in [5, 5.41) is 0. The van der Waals surface area contributed by atoms with Gasteiger partial charge >= 0.3 is 11.9 Å². The molecule has 0 aromatic rings. The Hall–Kier alpha value is -1.77. The van der Waals surface area contributed by atoms with Crippen LogP contribution in [-0.2, 0) is 32.7 Å². The van der Waals surface area contributed by atoms with Crippen LogP contribution in [0.5, 0.6) is 0 Å². The maximum Gasteiger partial charge on any atom is 0.306 e. The van der Waals surface area contributed by atoms with E-state index < -0.39 is 32.5 Å². The number of unbranched alkanes of at least 4 members (excludes halogenated alkanes) is 21. The fraction of sp³-hybridized carbons (Fsp3) is 0.826. The SMILES string of the molecule is CCCCC/C=C/C/C=C/CCCCCCCCCCCC(=O)OC[C@@H](COP(=O)([O-])OCC[N+](C)(C)C)OC(=O)CCCCC/C=C/CCCCCCCC. The molecule has 0 spiro atoms. The first-order valence-electron chi connectivity index (χ1n) is 22.7. The third-order valence-electron chi connectivity index (χ3n) is 9.63. The quantitative estimate of drug-likeness (QED) is 0.0197. The van der Waals surface area contributed by atoms with Gasteiger partial charge in [-0.1, -0.05) is 147 Å². The maximum absolute atomic E-state index is 12.6. The summed E-state index contributed by atoms with van der Waals surface area (Å²) in [6.45, 7) is 4.17. The van der Waals surface area contributed by atoms with E-state index in [-0.39, 0.29) is 26.1 Å². The van der Waals surface area contributed by atoms with E-state index in [0.717, 1.165) is 57.8 Å². The summed E-state index contributed by atoms with van der Waals surface area (Å²) >= 11 is 0. The van der Waals surface area contributed by atoms with E-state index in [9.17, 15) is 19.0 Å². The van der Waals surface area contributed by atoms with Crippen LogP contribution in [0.15, 0.2) is 36.5 Å². The molecular weight excluding hydrogens is 725 g/mol. The van der Waals surface area contributed by atoms with Crippen LogP contribution >= 0.6 is 7.82 Å². The van der Waals surface area contributed by atoms with E-state index in [1.807, 2.05) is 21.1 Å². The third kappa shape index (κ3) is 41.9. The first kappa shape index (κ1) is 54.2. The van der Waals surface area contributed by atoms with Crippen LogP contribution in [0, 0.1) is 0 Å². The molecule has 0 rings (SSSR count). The minimum absolute atomic E-state index is 0.0342. The van der Waals surface area contributed by atoms with Crippen LogP contribution in [0.4, 0.5) is 0 Å². The van der Waals surface area contributed by atoms with Gasteiger partial charge in [-0.05, 0) is 70.6 Å². The minimum Gasteiger partial charge on any atom is -0.756 e. The second-order valence-electron chi connectivity index (χ2n) is 16.4. The molecule has 10 heteroatoms. The summed E-state index contributed by atoms with van der Waals surface area (Å²) in [5.41, 5.74) is 0. The Morgan fingerprint density at radius 2 is 0.964 bits per heavy atom. The summed E-state index contributed by atoms with van der Waals surface area (Å²) in [5.74, 6) is -0.856. The standard InChI is InChI=1S/C46H86NO8P/c1-6-8-10-12-14-16-18-20-21-22-23-24-25-27-28-30-32-34-36-38-45(48)52-42-44(43-54-56(50,51)53-41-40-47(3,4)5)55-46(49)39-37-35-33-31-29-26-19-17-15-13-11-9-7-2/h14,16,20-21,26,29,44H,6-13,15,17-19,22-25,27-28,30-43H2,1-5H3/b16-14+,21-20+,29-26+/t44-/m0/s1. The number of allylic oxidation sites excluding steroid dienone is 6. The molecule has 2 atom stereocenters. The molecule has 0 aliphatic carbocycles. The molecule has 0 saturated heterocycles. The van der Waals surface area contributed by atoms with Gasteiger partial charge in [-0.2, -0.15) is 0 Å². The molecule has 0 aliphatic rings. The van der Waals surface area contributed by atoms with Crippen molar-refractivity contribution in [3.63, 3.8) is 0 Å². The molecule has 0 bridgehead atoms. The minimum atomic E-state index is -4.63. The fourth-order valence-corrected chi connectivity index (χ4v) is 6.76. The van der Waals surface area contributed by atoms with Crippen LogP contribution in [0.1, 0.15) is 194 Å². The molecule has 0 fully saturated rings. The zero-order chi connectivity index (χ0) is 41.4. The van der Waals surface area contributed by atoms with Crippen LogP contribution in [-0.4, -0.2) is 70.0 Å². The Labute approximate surface area is 344 Å². The molecule has 0 aromatic heterocycles. The molecule has 0 N–H and O–H groups in total. The number of rotatable bonds is 41. The van der Waals surface area contributed by atoms with Crippen LogP contribution in [0.3, 0.4) is 0 Å². The number of phosphoric acid groups is 1. The van der Waals surface area contributed by atoms with Crippen molar-refractivity contribution < 1.29 is 42.1 Å². The van der Waals surface area contributed by atoms with E-state index in [1.54, 1.807) is 0 Å². The van der Waals surface area contributed by atoms with Gasteiger partial charge in [0.1, 0.15) is 19.8 Å². The van der Waals surface area contributed by atoms with Gasteiger partial charge in [0.05, 0.1) is 27.7 Å². The largest absolute Gasteiger partial charge is 0.756 e. The Kier molecular flexibility index (Phi) is 37.5. The van der Waals surface area contributed by atoms with Crippen LogP contribution in [0.25, 0.3) is 0 Å². The molecule has 0 aromatic carbocycles. The summed E-state index contributed by atoms with van der Waals surface area (Å²) in [6.07, 6.45) is 43.1. The molecule has 9 nitrogen and oxygen atoms in total. The molecule has 56 heavy (non-hydrogen) atoms. The molecular formula is C46H86NO8P. The number of nitrogens with zero attached hydrogens (tertiary/aromatic N) is 1. The van der Waals surface area contributed by atoms with Crippen molar-refractivity contribution in [2.45, 2.75) is 200 Å². The van der Waals surface area contributed by atoms with Crippen molar-refractivity contribution in [1.82, 2.24) is 0 Å². The number of hydrogen-bond donors (Lipinski definition) is 0. The third-order valence-corrected chi connectivity index (χ3v) is 10.6. The summed E-state index contributed by atoms with van der Waals surface area (Å²) in [7, 11) is 1.15. The molecule has 0 heterocycles. The summed E-state index contributed by atoms with van der Waals surface area (Å²) in [6, 6.07) is 0. The number of likely N-dealkylation sites (N-methyl/N-ethyl adjacent to an activating group) is 1. The number of quaternary nitrogens is 1. The van der Waals surface area contributed by atoms with Gasteiger partial charge in [-0.15, -0.1) is 0 Å². The maximum atomic E-state index is 12.6. The molecule has 0 saturated carbocycles. The molecule has 0 radical (unpaired) electrons. The van der Waals surface area contributed by atoms with Gasteiger partial charge in [-0.3, -0.25) is 14.2 Å². The summed E-state index contributed by atoms with van der Waals surface area (Å²) < 4.78 is 33.9. The van der Waals surface area contributed by atoms with E-state index in [2.05, 4.69) is 50.3 Å². The lowest BCUT2D eigenvalue weighted by atomic mass is 10.1. The number of hydrogen-bond acceptors (Lipinski definition) is 8. The van der Waals surface area contributed by atoms with Gasteiger partial charge in [0.2, 0.25) is 0 Å². The van der Waals surface area contributed by atoms with Crippen molar-refractivity contribution in [1.29, 1.82) is 0 Å². The van der Waals surface area contributed by atoms with Crippen molar-refractivity contribution in [2.24, 2.45) is 0 Å². The van der Waals surface area contributed by atoms with Gasteiger partial charge < -0.3 is 27.9 Å². The van der Waals surface area contributed by atoms with Crippen molar-refractivity contribution in [3.8, 4) is 0 Å². The van der Waals surface area contributed by atoms with E-state index in [0.29, 0.717) is 17.4 Å². The number of carbonyl (C=O) groups excluding carboxylic acids is 2. The fourth-order valence-electron chi connectivity index (χ4n) is 6.03. The Morgan fingerprint density at radius 1 is 0.554 bits per heavy atom. The highest BCUT2D eigenvalue weighted by molar-refractivity contribution is 7.45. The average molecular weight is 812 g/mol. The average Bonchev–Trinajstić information content (AvgIpc) is 3.15. The molecule has 0 aliphatic heterocycles. The normalized spacial score (nSPS) is 13.9. The zero-order valence-electron chi connectivity index (χ0n) is 36.8. The monoisotopic (exact) mass is 812 g/mol. The first-order valence-corrected chi connectivity index (χ1v) is 24.2. The highest BCUT2D eigenvalue weighted by Gasteiger charge is 2.21. The molecule has 1 unspecified atom stereocenters. The Bertz CT molecular complexity index is 1050. The number of ether oxygens (including phenoxy) is 2. The smallest absolute Gasteiger partial charge is 0.306 e. The van der Waals surface area contributed by atoms with Gasteiger partial charge in [-0.25, -0.2) is 0 Å². The first-order chi connectivity index (χ1) is 27.0. The lowest BCUT2D eigenvalue weighted by Gasteiger charge is -2.28. The number of carbonyl (C=O) groups is 2. The Balaban J connectivity index is 4.32. The predicted octanol–water partition coefficient (Wildman–Crippen LogP) is 12.3. The highest BCUT2D eigenvalue weighted by atomic mass is 31.2. The predicted molar refractivity (Wildman–Crippen MR) is 231 cm³/mol. The van der Waals surface area contributed by atoms with Gasteiger partial charge in [0.15, 0.2) is 6.10 Å². The van der Waals surface area contributed by atoms with Crippen LogP contribution in [0.2, 0.25) is 0 Å². The summed E-state index contributed by atoms with van der Waals surface area (Å²) in [4.78, 5) is 37.5. The second kappa shape index (κ2) is 38.7. The number of esters is 2. The van der Waals surface area contributed by atoms with E-state index in [4.69, 9.17) is 18.5 Å². The van der Waals surface area contributed by atoms with E-state index >= 15 is 0 Å². The molecule has 0 amide bonds. The van der Waals surface area contributed by atoms with Crippen molar-refractivity contribution in [3.05, 3.63) is 36.5 Å². The lowest BCUT2D eigenvalue weighted by molar-refractivity contribution is -0.870. The van der Waals surface area contributed by atoms with Gasteiger partial charge in [0.25, 0.3) is 7.82 Å². The Morgan fingerprint density at radius 3 is 1.48 bits per heavy atom. The van der Waals surface area contributed by atoms with Crippen molar-refractivity contribution >= 4 is 19.8 Å². The highest BCUT2D eigenvalue weighted by Crippen LogP contribution is 2.38. The number of phosphoric ester groups is 1. The molecule has 328 valence electrons. The topological polar surface area (TPSA) is 111 Å².